The average Bonchev–Trinajstić information content (AvgIpc) is 2.34. The number of benzene rings is 1. The predicted octanol–water partition coefficient (Wildman–Crippen LogP) is 1.88. The molecule has 0 radical (unpaired) electrons. The maximum Gasteiger partial charge on any atom is 0.252 e. The van der Waals surface area contributed by atoms with Crippen LogP contribution >= 0.6 is 11.6 Å². The van der Waals surface area contributed by atoms with Crippen LogP contribution in [0, 0.1) is 0 Å². The van der Waals surface area contributed by atoms with Crippen molar-refractivity contribution in [1.82, 2.24) is 5.32 Å². The number of carbonyl (C=O) groups is 1. The van der Waals surface area contributed by atoms with Crippen molar-refractivity contribution in [2.24, 2.45) is 0 Å². The van der Waals surface area contributed by atoms with Gasteiger partial charge in [0, 0.05) is 13.6 Å². The van der Waals surface area contributed by atoms with Gasteiger partial charge in [-0.25, -0.2) is 8.42 Å². The number of rotatable bonds is 5. The monoisotopic (exact) mass is 304 g/mol. The van der Waals surface area contributed by atoms with Crippen molar-refractivity contribution < 1.29 is 13.2 Å². The molecule has 0 heterocycles. The van der Waals surface area contributed by atoms with Crippen LogP contribution in [0.3, 0.4) is 0 Å². The van der Waals surface area contributed by atoms with Crippen LogP contribution in [0.1, 0.15) is 23.7 Å². The fourth-order valence-corrected chi connectivity index (χ4v) is 2.11. The lowest BCUT2D eigenvalue weighted by Gasteiger charge is -2.17. The van der Waals surface area contributed by atoms with E-state index in [1.54, 1.807) is 6.07 Å². The topological polar surface area (TPSA) is 66.5 Å². The van der Waals surface area contributed by atoms with Gasteiger partial charge in [-0.2, -0.15) is 0 Å². The Morgan fingerprint density at radius 3 is 2.58 bits per heavy atom. The fourth-order valence-electron chi connectivity index (χ4n) is 1.41. The standard InChI is InChI=1S/C12H17ClN2O3S/c1-4-7-14-12(16)10-8-9(5-6-11(10)13)15(2)19(3,17)18/h5-6,8H,4,7H2,1-3H3,(H,14,16). The molecule has 0 saturated carbocycles. The number of sulfonamides is 1. The minimum atomic E-state index is -3.37. The number of hydrogen-bond acceptors (Lipinski definition) is 3. The zero-order chi connectivity index (χ0) is 14.6. The zero-order valence-corrected chi connectivity index (χ0v) is 12.7. The molecule has 106 valence electrons. The normalized spacial score (nSPS) is 11.2. The minimum Gasteiger partial charge on any atom is -0.352 e. The molecule has 0 aromatic heterocycles. The number of carbonyl (C=O) groups excluding carboxylic acids is 1. The van der Waals surface area contributed by atoms with Crippen LogP contribution in [0.2, 0.25) is 5.02 Å². The molecule has 0 atom stereocenters. The number of amides is 1. The van der Waals surface area contributed by atoms with Gasteiger partial charge in [0.25, 0.3) is 5.91 Å². The number of hydrogen-bond donors (Lipinski definition) is 1. The largest absolute Gasteiger partial charge is 0.352 e. The van der Waals surface area contributed by atoms with E-state index in [2.05, 4.69) is 5.32 Å². The Kier molecular flexibility index (Phi) is 5.20. The summed E-state index contributed by atoms with van der Waals surface area (Å²) < 4.78 is 24.0. The van der Waals surface area contributed by atoms with Crippen molar-refractivity contribution in [2.75, 3.05) is 24.2 Å². The predicted molar refractivity (Wildman–Crippen MR) is 77.3 cm³/mol. The molecule has 1 N–H and O–H groups in total. The van der Waals surface area contributed by atoms with Crippen molar-refractivity contribution >= 4 is 33.2 Å². The Morgan fingerprint density at radius 1 is 1.42 bits per heavy atom. The molecule has 0 aliphatic rings. The maximum absolute atomic E-state index is 11.9. The second-order valence-corrected chi connectivity index (χ2v) is 6.57. The van der Waals surface area contributed by atoms with Crippen LogP contribution in [0.4, 0.5) is 5.69 Å². The summed E-state index contributed by atoms with van der Waals surface area (Å²) in [5.74, 6) is -0.310. The molecule has 0 saturated heterocycles. The van der Waals surface area contributed by atoms with E-state index in [1.165, 1.54) is 19.2 Å². The van der Waals surface area contributed by atoms with Crippen molar-refractivity contribution in [3.63, 3.8) is 0 Å². The summed E-state index contributed by atoms with van der Waals surface area (Å²) in [5, 5.41) is 2.99. The Morgan fingerprint density at radius 2 is 2.05 bits per heavy atom. The van der Waals surface area contributed by atoms with E-state index in [0.717, 1.165) is 17.0 Å². The van der Waals surface area contributed by atoms with E-state index in [1.807, 2.05) is 6.92 Å². The summed E-state index contributed by atoms with van der Waals surface area (Å²) in [7, 11) is -1.95. The van der Waals surface area contributed by atoms with Crippen molar-refractivity contribution in [3.05, 3.63) is 28.8 Å². The van der Waals surface area contributed by atoms with E-state index in [0.29, 0.717) is 17.3 Å². The Bertz CT molecular complexity index is 572. The van der Waals surface area contributed by atoms with Crippen LogP contribution in [0.15, 0.2) is 18.2 Å². The summed E-state index contributed by atoms with van der Waals surface area (Å²) >= 11 is 5.96. The molecule has 0 unspecified atom stereocenters. The van der Waals surface area contributed by atoms with Crippen molar-refractivity contribution in [2.45, 2.75) is 13.3 Å². The second kappa shape index (κ2) is 6.25. The van der Waals surface area contributed by atoms with Crippen LogP contribution in [0.25, 0.3) is 0 Å². The summed E-state index contributed by atoms with van der Waals surface area (Å²) in [6.07, 6.45) is 1.91. The maximum atomic E-state index is 11.9. The van der Waals surface area contributed by atoms with E-state index in [-0.39, 0.29) is 11.5 Å². The lowest BCUT2D eigenvalue weighted by Crippen LogP contribution is -2.27. The molecule has 5 nitrogen and oxygen atoms in total. The fraction of sp³-hybridized carbons (Fsp3) is 0.417. The smallest absolute Gasteiger partial charge is 0.252 e. The van der Waals surface area contributed by atoms with Gasteiger partial charge in [-0.3, -0.25) is 9.10 Å². The lowest BCUT2D eigenvalue weighted by atomic mass is 10.2. The quantitative estimate of drug-likeness (QED) is 0.903. The van der Waals surface area contributed by atoms with Gasteiger partial charge < -0.3 is 5.32 Å². The highest BCUT2D eigenvalue weighted by atomic mass is 35.5. The van der Waals surface area contributed by atoms with Crippen LogP contribution < -0.4 is 9.62 Å². The summed E-state index contributed by atoms with van der Waals surface area (Å²) in [5.41, 5.74) is 0.664. The van der Waals surface area contributed by atoms with Gasteiger partial charge in [0.15, 0.2) is 0 Å². The highest BCUT2D eigenvalue weighted by molar-refractivity contribution is 7.92. The third-order valence-corrected chi connectivity index (χ3v) is 4.13. The molecule has 1 amide bonds. The highest BCUT2D eigenvalue weighted by Crippen LogP contribution is 2.23. The summed E-state index contributed by atoms with van der Waals surface area (Å²) in [4.78, 5) is 11.9. The van der Waals surface area contributed by atoms with Gasteiger partial charge in [-0.1, -0.05) is 18.5 Å². The average molecular weight is 305 g/mol. The van der Waals surface area contributed by atoms with Gasteiger partial charge >= 0.3 is 0 Å². The first-order chi connectivity index (χ1) is 8.77. The van der Waals surface area contributed by atoms with Gasteiger partial charge in [-0.05, 0) is 24.6 Å². The zero-order valence-electron chi connectivity index (χ0n) is 11.1. The Balaban J connectivity index is 3.11. The van der Waals surface area contributed by atoms with E-state index >= 15 is 0 Å². The molecule has 1 rings (SSSR count). The number of nitrogens with one attached hydrogen (secondary N) is 1. The second-order valence-electron chi connectivity index (χ2n) is 4.15. The highest BCUT2D eigenvalue weighted by Gasteiger charge is 2.16. The molecule has 1 aromatic carbocycles. The molecule has 0 spiro atoms. The molecular weight excluding hydrogens is 288 g/mol. The van der Waals surface area contributed by atoms with Gasteiger partial charge in [0.2, 0.25) is 10.0 Å². The lowest BCUT2D eigenvalue weighted by molar-refractivity contribution is 0.0954. The number of halogens is 1. The van der Waals surface area contributed by atoms with E-state index in [4.69, 9.17) is 11.6 Å². The SMILES string of the molecule is CCCNC(=O)c1cc(N(C)S(C)(=O)=O)ccc1Cl. The number of nitrogens with zero attached hydrogens (tertiary/aromatic N) is 1. The molecule has 19 heavy (non-hydrogen) atoms. The number of anilines is 1. The third-order valence-electron chi connectivity index (χ3n) is 2.59. The summed E-state index contributed by atoms with van der Waals surface area (Å²) in [6, 6.07) is 4.54. The minimum absolute atomic E-state index is 0.267. The molecular formula is C12H17ClN2O3S. The van der Waals surface area contributed by atoms with E-state index in [9.17, 15) is 13.2 Å². The Hall–Kier alpha value is -1.27. The molecule has 7 heteroatoms. The third kappa shape index (κ3) is 4.11. The van der Waals surface area contributed by atoms with Crippen molar-refractivity contribution in [3.8, 4) is 0 Å². The first-order valence-corrected chi connectivity index (χ1v) is 8.01. The first-order valence-electron chi connectivity index (χ1n) is 5.79. The molecule has 0 bridgehead atoms. The van der Waals surface area contributed by atoms with Crippen LogP contribution in [-0.4, -0.2) is 34.2 Å². The first kappa shape index (κ1) is 15.8. The van der Waals surface area contributed by atoms with Gasteiger partial charge in [0.1, 0.15) is 0 Å². The molecule has 0 aliphatic heterocycles. The summed E-state index contributed by atoms with van der Waals surface area (Å²) in [6.45, 7) is 2.48. The van der Waals surface area contributed by atoms with Crippen LogP contribution in [0.5, 0.6) is 0 Å². The molecule has 1 aromatic rings. The van der Waals surface area contributed by atoms with Gasteiger partial charge in [-0.15, -0.1) is 0 Å². The van der Waals surface area contributed by atoms with Gasteiger partial charge in [0.05, 0.1) is 22.5 Å². The van der Waals surface area contributed by atoms with Crippen LogP contribution in [-0.2, 0) is 10.0 Å². The van der Waals surface area contributed by atoms with E-state index < -0.39 is 10.0 Å². The Labute approximate surface area is 118 Å². The molecule has 0 aliphatic carbocycles. The molecule has 0 fully saturated rings. The van der Waals surface area contributed by atoms with Crippen molar-refractivity contribution in [1.29, 1.82) is 0 Å².